The van der Waals surface area contributed by atoms with Crippen molar-refractivity contribution in [2.75, 3.05) is 43.6 Å². The number of nitrogens with zero attached hydrogens (tertiary/aromatic N) is 1. The summed E-state index contributed by atoms with van der Waals surface area (Å²) in [5, 5.41) is 12.6. The molecule has 2 aromatic rings. The molecule has 0 spiro atoms. The molecule has 0 aromatic heterocycles. The van der Waals surface area contributed by atoms with E-state index in [2.05, 4.69) is 5.32 Å². The van der Waals surface area contributed by atoms with Crippen molar-refractivity contribution >= 4 is 34.9 Å². The highest BCUT2D eigenvalue weighted by Crippen LogP contribution is 2.28. The van der Waals surface area contributed by atoms with Gasteiger partial charge in [0.2, 0.25) is 0 Å². The summed E-state index contributed by atoms with van der Waals surface area (Å²) in [4.78, 5) is 25.9. The second kappa shape index (κ2) is 9.05. The van der Waals surface area contributed by atoms with E-state index < -0.39 is 5.97 Å². The van der Waals surface area contributed by atoms with Gasteiger partial charge in [-0.05, 0) is 42.5 Å². The largest absolute Gasteiger partial charge is 0.478 e. The van der Waals surface area contributed by atoms with Crippen LogP contribution in [0.25, 0.3) is 0 Å². The van der Waals surface area contributed by atoms with Crippen molar-refractivity contribution in [3.63, 3.8) is 0 Å². The van der Waals surface area contributed by atoms with E-state index in [9.17, 15) is 14.7 Å². The third kappa shape index (κ3) is 5.01. The summed E-state index contributed by atoms with van der Waals surface area (Å²) in [7, 11) is 1.85. The summed E-state index contributed by atoms with van der Waals surface area (Å²) in [5.41, 5.74) is 1.59. The van der Waals surface area contributed by atoms with Crippen molar-refractivity contribution in [3.05, 3.63) is 58.6 Å². The summed E-state index contributed by atoms with van der Waals surface area (Å²) in [6.45, 7) is 2.15. The van der Waals surface area contributed by atoms with E-state index in [1.54, 1.807) is 30.3 Å². The zero-order valence-corrected chi connectivity index (χ0v) is 16.1. The van der Waals surface area contributed by atoms with Gasteiger partial charge in [0.05, 0.1) is 42.9 Å². The number of aromatic carboxylic acids is 1. The second-order valence-corrected chi connectivity index (χ2v) is 6.88. The van der Waals surface area contributed by atoms with Crippen molar-refractivity contribution in [2.24, 2.45) is 0 Å². The molecule has 7 nitrogen and oxygen atoms in total. The van der Waals surface area contributed by atoms with E-state index in [0.29, 0.717) is 48.3 Å². The van der Waals surface area contributed by atoms with Gasteiger partial charge >= 0.3 is 5.97 Å². The van der Waals surface area contributed by atoms with Gasteiger partial charge in [-0.25, -0.2) is 4.79 Å². The first-order valence-corrected chi connectivity index (χ1v) is 9.16. The minimum Gasteiger partial charge on any atom is -0.478 e. The molecular formula is C20H21ClN2O5. The van der Waals surface area contributed by atoms with Gasteiger partial charge in [-0.2, -0.15) is 0 Å². The zero-order chi connectivity index (χ0) is 20.1. The first-order chi connectivity index (χ1) is 13.4. The van der Waals surface area contributed by atoms with Crippen molar-refractivity contribution in [2.45, 2.75) is 6.10 Å². The molecule has 0 saturated carbocycles. The van der Waals surface area contributed by atoms with Crippen LogP contribution in [-0.4, -0.2) is 56.5 Å². The number of carboxylic acids is 1. The number of carbonyl (C=O) groups excluding carboxylic acids is 1. The first kappa shape index (κ1) is 20.1. The van der Waals surface area contributed by atoms with E-state index in [-0.39, 0.29) is 17.6 Å². The summed E-state index contributed by atoms with van der Waals surface area (Å²) >= 11 is 5.87. The quantitative estimate of drug-likeness (QED) is 0.769. The topological polar surface area (TPSA) is 88.1 Å². The Labute approximate surface area is 167 Å². The Balaban J connectivity index is 1.83. The van der Waals surface area contributed by atoms with Gasteiger partial charge < -0.3 is 24.8 Å². The Morgan fingerprint density at radius 1 is 1.18 bits per heavy atom. The maximum atomic E-state index is 12.6. The number of nitrogens with one attached hydrogen (secondary N) is 1. The molecule has 28 heavy (non-hydrogen) atoms. The average molecular weight is 405 g/mol. The number of anilines is 2. The molecule has 0 bridgehead atoms. The highest BCUT2D eigenvalue weighted by Gasteiger charge is 2.20. The number of halogens is 1. The molecule has 0 aliphatic carbocycles. The van der Waals surface area contributed by atoms with Crippen LogP contribution in [0.3, 0.4) is 0 Å². The molecule has 1 saturated heterocycles. The highest BCUT2D eigenvalue weighted by atomic mass is 35.5. The lowest BCUT2D eigenvalue weighted by atomic mass is 10.1. The molecule has 0 unspecified atom stereocenters. The maximum absolute atomic E-state index is 12.6. The van der Waals surface area contributed by atoms with Gasteiger partial charge in [0.15, 0.2) is 0 Å². The summed E-state index contributed by atoms with van der Waals surface area (Å²) < 4.78 is 11.1. The van der Waals surface area contributed by atoms with Gasteiger partial charge in [-0.1, -0.05) is 11.6 Å². The molecule has 1 amide bonds. The van der Waals surface area contributed by atoms with Crippen LogP contribution >= 0.6 is 11.6 Å². The van der Waals surface area contributed by atoms with Crippen LogP contribution in [0.5, 0.6) is 0 Å². The predicted molar refractivity (Wildman–Crippen MR) is 107 cm³/mol. The number of rotatable bonds is 6. The van der Waals surface area contributed by atoms with Gasteiger partial charge in [0.25, 0.3) is 5.91 Å². The number of hydrogen-bond acceptors (Lipinski definition) is 5. The number of likely N-dealkylation sites (N-methyl/N-ethyl adjacent to an activating group) is 1. The van der Waals surface area contributed by atoms with Gasteiger partial charge in [0, 0.05) is 24.2 Å². The van der Waals surface area contributed by atoms with E-state index in [1.807, 2.05) is 11.9 Å². The minimum atomic E-state index is -1.07. The third-order valence-corrected chi connectivity index (χ3v) is 4.62. The van der Waals surface area contributed by atoms with Crippen molar-refractivity contribution in [1.82, 2.24) is 0 Å². The van der Waals surface area contributed by atoms with E-state index in [1.165, 1.54) is 12.1 Å². The second-order valence-electron chi connectivity index (χ2n) is 6.45. The Kier molecular flexibility index (Phi) is 6.51. The Bertz CT molecular complexity index is 850. The molecular weight excluding hydrogens is 384 g/mol. The van der Waals surface area contributed by atoms with Gasteiger partial charge in [0.1, 0.15) is 0 Å². The third-order valence-electron chi connectivity index (χ3n) is 4.37. The van der Waals surface area contributed by atoms with Crippen molar-refractivity contribution in [3.8, 4) is 0 Å². The maximum Gasteiger partial charge on any atom is 0.335 e. The fourth-order valence-electron chi connectivity index (χ4n) is 2.94. The van der Waals surface area contributed by atoms with Crippen LogP contribution in [0, 0.1) is 0 Å². The van der Waals surface area contributed by atoms with Crippen LogP contribution in [0.1, 0.15) is 20.7 Å². The Morgan fingerprint density at radius 2 is 1.89 bits per heavy atom. The predicted octanol–water partition coefficient (Wildman–Crippen LogP) is 3.14. The van der Waals surface area contributed by atoms with Gasteiger partial charge in [-0.15, -0.1) is 0 Å². The molecule has 3 rings (SSSR count). The molecule has 2 N–H and O–H groups in total. The van der Waals surface area contributed by atoms with Crippen LogP contribution in [-0.2, 0) is 9.47 Å². The number of amides is 1. The molecule has 1 fully saturated rings. The number of ether oxygens (including phenoxy) is 2. The smallest absolute Gasteiger partial charge is 0.335 e. The standard InChI is InChI=1S/C20H21ClN2O5/c1-23(11-16-12-27-8-9-28-16)18-7-4-14(20(25)26)10-17(18)22-19(24)13-2-5-15(21)6-3-13/h2-7,10,16H,8-9,11-12H2,1H3,(H,22,24)(H,25,26)/t16-/m1/s1. The highest BCUT2D eigenvalue weighted by molar-refractivity contribution is 6.30. The zero-order valence-electron chi connectivity index (χ0n) is 15.4. The van der Waals surface area contributed by atoms with Crippen LogP contribution < -0.4 is 10.2 Å². The number of hydrogen-bond donors (Lipinski definition) is 2. The van der Waals surface area contributed by atoms with Gasteiger partial charge in [-0.3, -0.25) is 4.79 Å². The SMILES string of the molecule is CN(C[C@@H]1COCCO1)c1ccc(C(=O)O)cc1NC(=O)c1ccc(Cl)cc1. The number of benzene rings is 2. The Morgan fingerprint density at radius 3 is 2.54 bits per heavy atom. The van der Waals surface area contributed by atoms with Crippen LogP contribution in [0.15, 0.2) is 42.5 Å². The summed E-state index contributed by atoms with van der Waals surface area (Å²) in [6.07, 6.45) is -0.0993. The van der Waals surface area contributed by atoms with E-state index in [4.69, 9.17) is 21.1 Å². The normalized spacial score (nSPS) is 16.4. The number of carboxylic acid groups (broad SMARTS) is 1. The van der Waals surface area contributed by atoms with Crippen LogP contribution in [0.4, 0.5) is 11.4 Å². The lowest BCUT2D eigenvalue weighted by Crippen LogP contribution is -2.38. The molecule has 1 aliphatic heterocycles. The fraction of sp³-hybridized carbons (Fsp3) is 0.300. The molecule has 0 radical (unpaired) electrons. The van der Waals surface area contributed by atoms with Crippen LogP contribution in [0.2, 0.25) is 5.02 Å². The van der Waals surface area contributed by atoms with E-state index in [0.717, 1.165) is 0 Å². The average Bonchev–Trinajstić information content (AvgIpc) is 2.69. The monoisotopic (exact) mass is 404 g/mol. The summed E-state index contributed by atoms with van der Waals surface area (Å²) in [5.74, 6) is -1.42. The van der Waals surface area contributed by atoms with Crippen molar-refractivity contribution < 1.29 is 24.2 Å². The molecule has 1 atom stereocenters. The molecule has 1 aliphatic rings. The first-order valence-electron chi connectivity index (χ1n) is 8.79. The molecule has 2 aromatic carbocycles. The lowest BCUT2D eigenvalue weighted by Gasteiger charge is -2.30. The van der Waals surface area contributed by atoms with Crippen molar-refractivity contribution in [1.29, 1.82) is 0 Å². The molecule has 148 valence electrons. The summed E-state index contributed by atoms with van der Waals surface area (Å²) in [6, 6.07) is 11.1. The number of carbonyl (C=O) groups is 2. The molecule has 1 heterocycles. The minimum absolute atomic E-state index is 0.0841. The lowest BCUT2D eigenvalue weighted by molar-refractivity contribution is -0.0837. The van der Waals surface area contributed by atoms with E-state index >= 15 is 0 Å². The fourth-order valence-corrected chi connectivity index (χ4v) is 3.07. The Hall–Kier alpha value is -2.61. The molecule has 8 heteroatoms.